The zero-order valence-corrected chi connectivity index (χ0v) is 10.1. The molecule has 2 rings (SSSR count). The molecule has 0 aliphatic rings. The van der Waals surface area contributed by atoms with Crippen molar-refractivity contribution in [1.82, 2.24) is 0 Å². The predicted molar refractivity (Wildman–Crippen MR) is 65.9 cm³/mol. The number of anilines is 1. The van der Waals surface area contributed by atoms with E-state index in [9.17, 15) is 9.18 Å². The summed E-state index contributed by atoms with van der Waals surface area (Å²) in [4.78, 5) is 10.7. The summed E-state index contributed by atoms with van der Waals surface area (Å²) in [6, 6.07) is 5.52. The van der Waals surface area contributed by atoms with E-state index in [4.69, 9.17) is 14.3 Å². The Labute approximate surface area is 108 Å². The topological polar surface area (TPSA) is 71.7 Å². The van der Waals surface area contributed by atoms with E-state index in [1.165, 1.54) is 37.6 Å². The highest BCUT2D eigenvalue weighted by Gasteiger charge is 2.09. The number of aromatic carboxylic acids is 1. The number of rotatable bonds is 5. The number of methoxy groups -OCH3 is 1. The minimum absolute atomic E-state index is 0.0860. The second-order valence-corrected chi connectivity index (χ2v) is 3.81. The number of benzene rings is 1. The van der Waals surface area contributed by atoms with Crippen LogP contribution in [0.15, 0.2) is 34.9 Å². The van der Waals surface area contributed by atoms with Crippen molar-refractivity contribution in [2.45, 2.75) is 6.54 Å². The van der Waals surface area contributed by atoms with Gasteiger partial charge in [0.1, 0.15) is 23.6 Å². The number of ether oxygens (including phenoxy) is 1. The Morgan fingerprint density at radius 3 is 2.89 bits per heavy atom. The van der Waals surface area contributed by atoms with Gasteiger partial charge in [0.15, 0.2) is 0 Å². The second-order valence-electron chi connectivity index (χ2n) is 3.81. The third-order valence-corrected chi connectivity index (χ3v) is 2.52. The molecule has 0 saturated carbocycles. The lowest BCUT2D eigenvalue weighted by Gasteiger charge is -2.09. The molecule has 0 aliphatic carbocycles. The summed E-state index contributed by atoms with van der Waals surface area (Å²) in [5, 5.41) is 11.7. The number of carboxylic acids is 1. The van der Waals surface area contributed by atoms with Crippen LogP contribution in [-0.2, 0) is 6.54 Å². The Bertz CT molecular complexity index is 594. The van der Waals surface area contributed by atoms with Crippen LogP contribution in [0.2, 0.25) is 0 Å². The lowest BCUT2D eigenvalue weighted by atomic mass is 10.2. The fourth-order valence-electron chi connectivity index (χ4n) is 1.58. The molecule has 0 saturated heterocycles. The number of halogens is 1. The van der Waals surface area contributed by atoms with E-state index in [-0.39, 0.29) is 12.1 Å². The van der Waals surface area contributed by atoms with Crippen molar-refractivity contribution >= 4 is 11.7 Å². The quantitative estimate of drug-likeness (QED) is 0.869. The molecule has 0 spiro atoms. The van der Waals surface area contributed by atoms with Crippen molar-refractivity contribution in [2.24, 2.45) is 0 Å². The number of carboxylic acid groups (broad SMARTS) is 1. The van der Waals surface area contributed by atoms with Gasteiger partial charge in [-0.2, -0.15) is 0 Å². The summed E-state index contributed by atoms with van der Waals surface area (Å²) < 4.78 is 23.1. The zero-order valence-electron chi connectivity index (χ0n) is 10.1. The van der Waals surface area contributed by atoms with E-state index in [0.29, 0.717) is 17.2 Å². The summed E-state index contributed by atoms with van der Waals surface area (Å²) >= 11 is 0. The highest BCUT2D eigenvalue weighted by Crippen LogP contribution is 2.25. The number of nitrogens with one attached hydrogen (secondary N) is 1. The summed E-state index contributed by atoms with van der Waals surface area (Å²) in [6.45, 7) is 0.273. The fraction of sp³-hybridized carbons (Fsp3) is 0.154. The molecule has 0 bridgehead atoms. The molecule has 100 valence electrons. The lowest BCUT2D eigenvalue weighted by Crippen LogP contribution is -2.01. The van der Waals surface area contributed by atoms with Gasteiger partial charge in [0.05, 0.1) is 24.9 Å². The molecule has 6 heteroatoms. The highest BCUT2D eigenvalue weighted by molar-refractivity contribution is 5.87. The van der Waals surface area contributed by atoms with Crippen LogP contribution in [-0.4, -0.2) is 18.2 Å². The standard InChI is InChI=1S/C13H12FNO4/c1-18-12-5-9(14)2-3-11(12)15-6-10-4-8(7-19-10)13(16)17/h2-5,7,15H,6H2,1H3,(H,16,17). The molecule has 19 heavy (non-hydrogen) atoms. The van der Waals surface area contributed by atoms with E-state index in [0.717, 1.165) is 0 Å². The van der Waals surface area contributed by atoms with Crippen LogP contribution in [0, 0.1) is 5.82 Å². The molecule has 1 aromatic carbocycles. The highest BCUT2D eigenvalue weighted by atomic mass is 19.1. The van der Waals surface area contributed by atoms with Crippen molar-refractivity contribution in [2.75, 3.05) is 12.4 Å². The summed E-state index contributed by atoms with van der Waals surface area (Å²) in [5.74, 6) is -0.614. The Morgan fingerprint density at radius 1 is 1.47 bits per heavy atom. The Hall–Kier alpha value is -2.50. The zero-order chi connectivity index (χ0) is 13.8. The van der Waals surface area contributed by atoms with Crippen molar-refractivity contribution in [3.63, 3.8) is 0 Å². The van der Waals surface area contributed by atoms with Gasteiger partial charge in [-0.1, -0.05) is 0 Å². The number of carbonyl (C=O) groups is 1. The average Bonchev–Trinajstić information content (AvgIpc) is 2.86. The van der Waals surface area contributed by atoms with E-state index >= 15 is 0 Å². The summed E-state index contributed by atoms with van der Waals surface area (Å²) in [5.41, 5.74) is 0.681. The predicted octanol–water partition coefficient (Wildman–Crippen LogP) is 2.74. The Kier molecular flexibility index (Phi) is 3.70. The van der Waals surface area contributed by atoms with Gasteiger partial charge in [0.2, 0.25) is 0 Å². The van der Waals surface area contributed by atoms with E-state index in [1.54, 1.807) is 0 Å². The molecule has 0 fully saturated rings. The molecule has 0 unspecified atom stereocenters. The van der Waals surface area contributed by atoms with Crippen molar-refractivity contribution in [3.05, 3.63) is 47.7 Å². The van der Waals surface area contributed by atoms with Crippen LogP contribution in [0.25, 0.3) is 0 Å². The molecule has 2 aromatic rings. The number of hydrogen-bond donors (Lipinski definition) is 2. The molecular formula is C13H12FNO4. The maximum absolute atomic E-state index is 13.0. The van der Waals surface area contributed by atoms with Crippen LogP contribution >= 0.6 is 0 Å². The van der Waals surface area contributed by atoms with E-state index < -0.39 is 11.8 Å². The number of furan rings is 1. The summed E-state index contributed by atoms with van der Waals surface area (Å²) in [6.07, 6.45) is 1.17. The molecule has 2 N–H and O–H groups in total. The van der Waals surface area contributed by atoms with Gasteiger partial charge in [-0.3, -0.25) is 0 Å². The van der Waals surface area contributed by atoms with Gasteiger partial charge >= 0.3 is 5.97 Å². The SMILES string of the molecule is COc1cc(F)ccc1NCc1cc(C(=O)O)co1. The van der Waals surface area contributed by atoms with Crippen LogP contribution in [0.4, 0.5) is 10.1 Å². The van der Waals surface area contributed by atoms with Crippen LogP contribution < -0.4 is 10.1 Å². The molecule has 1 heterocycles. The van der Waals surface area contributed by atoms with E-state index in [2.05, 4.69) is 5.32 Å². The Balaban J connectivity index is 2.07. The van der Waals surface area contributed by atoms with Crippen molar-refractivity contribution < 1.29 is 23.4 Å². The molecule has 5 nitrogen and oxygen atoms in total. The lowest BCUT2D eigenvalue weighted by molar-refractivity contribution is 0.0696. The first-order valence-corrected chi connectivity index (χ1v) is 5.48. The molecule has 0 amide bonds. The van der Waals surface area contributed by atoms with Crippen molar-refractivity contribution in [1.29, 1.82) is 0 Å². The smallest absolute Gasteiger partial charge is 0.338 e. The molecule has 0 aliphatic heterocycles. The molecule has 0 atom stereocenters. The number of hydrogen-bond acceptors (Lipinski definition) is 4. The maximum atomic E-state index is 13.0. The minimum Gasteiger partial charge on any atom is -0.494 e. The van der Waals surface area contributed by atoms with Crippen LogP contribution in [0.3, 0.4) is 0 Å². The maximum Gasteiger partial charge on any atom is 0.338 e. The van der Waals surface area contributed by atoms with E-state index in [1.807, 2.05) is 0 Å². The normalized spacial score (nSPS) is 10.2. The van der Waals surface area contributed by atoms with Crippen molar-refractivity contribution in [3.8, 4) is 5.75 Å². The van der Waals surface area contributed by atoms with Gasteiger partial charge in [0, 0.05) is 6.07 Å². The second kappa shape index (κ2) is 5.43. The third-order valence-electron chi connectivity index (χ3n) is 2.52. The first kappa shape index (κ1) is 12.9. The van der Waals surface area contributed by atoms with Crippen LogP contribution in [0.1, 0.15) is 16.1 Å². The van der Waals surface area contributed by atoms with Gasteiger partial charge in [-0.05, 0) is 18.2 Å². The average molecular weight is 265 g/mol. The third kappa shape index (κ3) is 3.04. The molecular weight excluding hydrogens is 253 g/mol. The molecule has 0 radical (unpaired) electrons. The minimum atomic E-state index is -1.05. The van der Waals surface area contributed by atoms with Gasteiger partial charge < -0.3 is 19.6 Å². The molecule has 1 aromatic heterocycles. The van der Waals surface area contributed by atoms with Gasteiger partial charge in [-0.15, -0.1) is 0 Å². The largest absolute Gasteiger partial charge is 0.494 e. The first-order valence-electron chi connectivity index (χ1n) is 5.48. The Morgan fingerprint density at radius 2 is 2.26 bits per heavy atom. The first-order chi connectivity index (χ1) is 9.10. The van der Waals surface area contributed by atoms with Gasteiger partial charge in [-0.25, -0.2) is 9.18 Å². The fourth-order valence-corrected chi connectivity index (χ4v) is 1.58. The van der Waals surface area contributed by atoms with Gasteiger partial charge in [0.25, 0.3) is 0 Å². The monoisotopic (exact) mass is 265 g/mol. The van der Waals surface area contributed by atoms with Crippen LogP contribution in [0.5, 0.6) is 5.75 Å². The summed E-state index contributed by atoms with van der Waals surface area (Å²) in [7, 11) is 1.44.